The summed E-state index contributed by atoms with van der Waals surface area (Å²) >= 11 is 0. The summed E-state index contributed by atoms with van der Waals surface area (Å²) in [5, 5.41) is 22.5. The first-order valence-corrected chi connectivity index (χ1v) is 9.89. The Balaban J connectivity index is 2.00. The number of nitrogens with zero attached hydrogens (tertiary/aromatic N) is 2. The molecule has 1 fully saturated rings. The number of rotatable bonds is 5. The van der Waals surface area contributed by atoms with Crippen LogP contribution in [-0.4, -0.2) is 22.3 Å². The van der Waals surface area contributed by atoms with E-state index in [1.54, 1.807) is 6.21 Å². The first-order valence-electron chi connectivity index (χ1n) is 9.89. The SMILES string of the molecule is CC1CCC(N=Cc2cc([N+](=O)[O-])cc(C(C)(C)c3ccccc3)c2O)CC1. The Labute approximate surface area is 166 Å². The van der Waals surface area contributed by atoms with E-state index in [4.69, 9.17) is 0 Å². The van der Waals surface area contributed by atoms with E-state index < -0.39 is 10.3 Å². The molecule has 0 aromatic heterocycles. The molecule has 0 unspecified atom stereocenters. The third-order valence-electron chi connectivity index (χ3n) is 5.91. The van der Waals surface area contributed by atoms with Crippen molar-refractivity contribution in [1.29, 1.82) is 0 Å². The van der Waals surface area contributed by atoms with Gasteiger partial charge in [-0.2, -0.15) is 0 Å². The molecule has 148 valence electrons. The molecule has 0 amide bonds. The largest absolute Gasteiger partial charge is 0.507 e. The maximum atomic E-state index is 11.5. The van der Waals surface area contributed by atoms with Crippen LogP contribution in [0.4, 0.5) is 5.69 Å². The summed E-state index contributed by atoms with van der Waals surface area (Å²) in [6.45, 7) is 6.18. The summed E-state index contributed by atoms with van der Waals surface area (Å²) in [4.78, 5) is 15.7. The van der Waals surface area contributed by atoms with E-state index in [1.165, 1.54) is 12.1 Å². The number of hydrogen-bond donors (Lipinski definition) is 1. The maximum absolute atomic E-state index is 11.5. The Hall–Kier alpha value is -2.69. The molecule has 2 aromatic rings. The van der Waals surface area contributed by atoms with Crippen LogP contribution in [0, 0.1) is 16.0 Å². The number of aliphatic imine (C=N–C) groups is 1. The zero-order chi connectivity index (χ0) is 20.3. The lowest BCUT2D eigenvalue weighted by Gasteiger charge is -2.27. The third kappa shape index (κ3) is 4.24. The minimum atomic E-state index is -0.583. The van der Waals surface area contributed by atoms with Crippen molar-refractivity contribution < 1.29 is 10.0 Å². The third-order valence-corrected chi connectivity index (χ3v) is 5.91. The van der Waals surface area contributed by atoms with Gasteiger partial charge in [0.25, 0.3) is 5.69 Å². The second-order valence-electron chi connectivity index (χ2n) is 8.37. The van der Waals surface area contributed by atoms with Crippen LogP contribution in [0.3, 0.4) is 0 Å². The quantitative estimate of drug-likeness (QED) is 0.415. The van der Waals surface area contributed by atoms with Crippen molar-refractivity contribution in [2.45, 2.75) is 57.9 Å². The first-order chi connectivity index (χ1) is 13.3. The van der Waals surface area contributed by atoms with Gasteiger partial charge in [0.1, 0.15) is 5.75 Å². The monoisotopic (exact) mass is 380 g/mol. The molecule has 1 aliphatic rings. The first kappa shape index (κ1) is 20.1. The van der Waals surface area contributed by atoms with Crippen LogP contribution in [0.5, 0.6) is 5.75 Å². The number of benzene rings is 2. The highest BCUT2D eigenvalue weighted by atomic mass is 16.6. The lowest BCUT2D eigenvalue weighted by atomic mass is 9.77. The number of non-ortho nitro benzene ring substituents is 1. The van der Waals surface area contributed by atoms with Crippen LogP contribution in [0.2, 0.25) is 0 Å². The average Bonchev–Trinajstić information content (AvgIpc) is 2.68. The molecule has 3 rings (SSSR count). The fourth-order valence-corrected chi connectivity index (χ4v) is 3.91. The van der Waals surface area contributed by atoms with Crippen molar-refractivity contribution in [2.24, 2.45) is 10.9 Å². The van der Waals surface area contributed by atoms with Crippen LogP contribution in [-0.2, 0) is 5.41 Å². The van der Waals surface area contributed by atoms with Gasteiger partial charge < -0.3 is 5.11 Å². The summed E-state index contributed by atoms with van der Waals surface area (Å²) in [5.41, 5.74) is 1.31. The van der Waals surface area contributed by atoms with Gasteiger partial charge >= 0.3 is 0 Å². The predicted molar refractivity (Wildman–Crippen MR) is 112 cm³/mol. The van der Waals surface area contributed by atoms with Gasteiger partial charge in [-0.05, 0) is 37.2 Å². The normalized spacial score (nSPS) is 20.4. The van der Waals surface area contributed by atoms with Crippen LogP contribution in [0.25, 0.3) is 0 Å². The molecule has 0 aliphatic heterocycles. The molecule has 1 N–H and O–H groups in total. The van der Waals surface area contributed by atoms with Crippen molar-refractivity contribution in [3.05, 3.63) is 69.3 Å². The molecule has 5 heteroatoms. The van der Waals surface area contributed by atoms with E-state index in [9.17, 15) is 15.2 Å². The number of aromatic hydroxyl groups is 1. The van der Waals surface area contributed by atoms with E-state index in [0.717, 1.165) is 37.2 Å². The number of nitro groups is 1. The van der Waals surface area contributed by atoms with E-state index in [2.05, 4.69) is 11.9 Å². The fourth-order valence-electron chi connectivity index (χ4n) is 3.91. The van der Waals surface area contributed by atoms with Crippen molar-refractivity contribution >= 4 is 11.9 Å². The Kier molecular flexibility index (Phi) is 5.82. The van der Waals surface area contributed by atoms with Crippen molar-refractivity contribution in [3.63, 3.8) is 0 Å². The minimum absolute atomic E-state index is 0.0319. The molecule has 1 saturated carbocycles. The highest BCUT2D eigenvalue weighted by molar-refractivity contribution is 5.86. The highest BCUT2D eigenvalue weighted by Crippen LogP contribution is 2.40. The van der Waals surface area contributed by atoms with Crippen molar-refractivity contribution in [3.8, 4) is 5.75 Å². The second kappa shape index (κ2) is 8.13. The van der Waals surface area contributed by atoms with E-state index in [1.807, 2.05) is 44.2 Å². The number of phenolic OH excluding ortho intramolecular Hbond substituents is 1. The van der Waals surface area contributed by atoms with Gasteiger partial charge in [-0.25, -0.2) is 0 Å². The molecule has 0 heterocycles. The van der Waals surface area contributed by atoms with Gasteiger partial charge in [-0.15, -0.1) is 0 Å². The van der Waals surface area contributed by atoms with Crippen LogP contribution in [0.1, 0.15) is 63.1 Å². The molecule has 0 saturated heterocycles. The van der Waals surface area contributed by atoms with Crippen LogP contribution in [0.15, 0.2) is 47.5 Å². The van der Waals surface area contributed by atoms with Gasteiger partial charge in [0, 0.05) is 40.9 Å². The summed E-state index contributed by atoms with van der Waals surface area (Å²) in [6, 6.07) is 12.8. The summed E-state index contributed by atoms with van der Waals surface area (Å²) in [7, 11) is 0. The molecular weight excluding hydrogens is 352 g/mol. The molecule has 2 aromatic carbocycles. The zero-order valence-electron chi connectivity index (χ0n) is 16.8. The summed E-state index contributed by atoms with van der Waals surface area (Å²) in [5.74, 6) is 0.795. The van der Waals surface area contributed by atoms with Gasteiger partial charge in [0.2, 0.25) is 0 Å². The molecule has 5 nitrogen and oxygen atoms in total. The van der Waals surface area contributed by atoms with Gasteiger partial charge in [0.15, 0.2) is 0 Å². The van der Waals surface area contributed by atoms with Gasteiger partial charge in [0.05, 0.1) is 4.92 Å². The Morgan fingerprint density at radius 1 is 1.14 bits per heavy atom. The van der Waals surface area contributed by atoms with E-state index in [0.29, 0.717) is 11.1 Å². The number of hydrogen-bond acceptors (Lipinski definition) is 4. The molecular formula is C23H28N2O3. The summed E-state index contributed by atoms with van der Waals surface area (Å²) in [6.07, 6.45) is 5.96. The second-order valence-corrected chi connectivity index (χ2v) is 8.37. The molecule has 0 bridgehead atoms. The minimum Gasteiger partial charge on any atom is -0.507 e. The maximum Gasteiger partial charge on any atom is 0.270 e. The predicted octanol–water partition coefficient (Wildman–Crippen LogP) is 5.62. The molecule has 28 heavy (non-hydrogen) atoms. The van der Waals surface area contributed by atoms with Crippen LogP contribution >= 0.6 is 0 Å². The Morgan fingerprint density at radius 2 is 1.79 bits per heavy atom. The zero-order valence-corrected chi connectivity index (χ0v) is 16.8. The number of nitro benzene ring substituents is 1. The standard InChI is InChI=1S/C23H28N2O3/c1-16-9-11-19(12-10-16)24-15-17-13-20(25(27)28)14-21(22(17)26)23(2,3)18-7-5-4-6-8-18/h4-8,13-16,19,26H,9-12H2,1-3H3. The summed E-state index contributed by atoms with van der Waals surface area (Å²) < 4.78 is 0. The van der Waals surface area contributed by atoms with Crippen LogP contribution < -0.4 is 0 Å². The Morgan fingerprint density at radius 3 is 2.39 bits per heavy atom. The average molecular weight is 380 g/mol. The number of phenols is 1. The van der Waals surface area contributed by atoms with Gasteiger partial charge in [-0.3, -0.25) is 15.1 Å². The highest BCUT2D eigenvalue weighted by Gasteiger charge is 2.30. The topological polar surface area (TPSA) is 75.7 Å². The lowest BCUT2D eigenvalue weighted by Crippen LogP contribution is -2.20. The van der Waals surface area contributed by atoms with Gasteiger partial charge in [-0.1, -0.05) is 51.1 Å². The molecule has 0 atom stereocenters. The van der Waals surface area contributed by atoms with E-state index >= 15 is 0 Å². The Bertz CT molecular complexity index is 867. The van der Waals surface area contributed by atoms with Crippen molar-refractivity contribution in [2.75, 3.05) is 0 Å². The lowest BCUT2D eigenvalue weighted by molar-refractivity contribution is -0.385. The molecule has 0 radical (unpaired) electrons. The molecule has 1 aliphatic carbocycles. The van der Waals surface area contributed by atoms with Crippen molar-refractivity contribution in [1.82, 2.24) is 0 Å². The fraction of sp³-hybridized carbons (Fsp3) is 0.435. The smallest absolute Gasteiger partial charge is 0.270 e. The van der Waals surface area contributed by atoms with E-state index in [-0.39, 0.29) is 17.5 Å². The molecule has 0 spiro atoms.